The maximum Gasteiger partial charge on any atom is 0.0594 e. The van der Waals surface area contributed by atoms with Crippen molar-refractivity contribution in [3.8, 4) is 0 Å². The highest BCUT2D eigenvalue weighted by atomic mass is 79.9. The molecule has 1 aliphatic heterocycles. The second-order valence-electron chi connectivity index (χ2n) is 5.30. The van der Waals surface area contributed by atoms with E-state index in [1.807, 2.05) is 0 Å². The minimum Gasteiger partial charge on any atom is -0.379 e. The van der Waals surface area contributed by atoms with Gasteiger partial charge in [0.05, 0.1) is 13.2 Å². The summed E-state index contributed by atoms with van der Waals surface area (Å²) in [4.78, 5) is 2.50. The Morgan fingerprint density at radius 1 is 1.25 bits per heavy atom. The molecule has 0 saturated carbocycles. The van der Waals surface area contributed by atoms with E-state index in [2.05, 4.69) is 57.3 Å². The molecule has 0 bridgehead atoms. The molecular weight excluding hydrogens is 316 g/mol. The first kappa shape index (κ1) is 16.0. The lowest BCUT2D eigenvalue weighted by Gasteiger charge is -2.29. The first-order valence-electron chi connectivity index (χ1n) is 7.58. The number of morpholine rings is 1. The van der Waals surface area contributed by atoms with Crippen LogP contribution in [-0.2, 0) is 4.74 Å². The van der Waals surface area contributed by atoms with Crippen molar-refractivity contribution in [2.24, 2.45) is 0 Å². The Bertz CT molecular complexity index is 377. The summed E-state index contributed by atoms with van der Waals surface area (Å²) >= 11 is 3.51. The molecule has 4 heteroatoms. The van der Waals surface area contributed by atoms with Gasteiger partial charge in [0.1, 0.15) is 0 Å². The highest BCUT2D eigenvalue weighted by Gasteiger charge is 2.15. The van der Waals surface area contributed by atoms with Gasteiger partial charge < -0.3 is 10.1 Å². The van der Waals surface area contributed by atoms with E-state index >= 15 is 0 Å². The SMILES string of the molecule is CCCNC(CCN1CCOCC1)c1ccc(Br)cc1. The average molecular weight is 341 g/mol. The number of hydrogen-bond donors (Lipinski definition) is 1. The van der Waals surface area contributed by atoms with Crippen LogP contribution in [0.5, 0.6) is 0 Å². The van der Waals surface area contributed by atoms with Crippen LogP contribution < -0.4 is 5.32 Å². The molecule has 2 rings (SSSR count). The third-order valence-electron chi connectivity index (χ3n) is 3.75. The second-order valence-corrected chi connectivity index (χ2v) is 6.22. The van der Waals surface area contributed by atoms with Gasteiger partial charge in [0.2, 0.25) is 0 Å². The zero-order valence-electron chi connectivity index (χ0n) is 12.3. The molecule has 1 N–H and O–H groups in total. The Morgan fingerprint density at radius 2 is 1.95 bits per heavy atom. The molecule has 20 heavy (non-hydrogen) atoms. The topological polar surface area (TPSA) is 24.5 Å². The monoisotopic (exact) mass is 340 g/mol. The van der Waals surface area contributed by atoms with Crippen LogP contribution >= 0.6 is 15.9 Å². The fraction of sp³-hybridized carbons (Fsp3) is 0.625. The van der Waals surface area contributed by atoms with Crippen LogP contribution in [0.2, 0.25) is 0 Å². The predicted octanol–water partition coefficient (Wildman–Crippen LogP) is 3.21. The van der Waals surface area contributed by atoms with Crippen molar-refractivity contribution < 1.29 is 4.74 Å². The maximum absolute atomic E-state index is 5.41. The van der Waals surface area contributed by atoms with Gasteiger partial charge in [-0.3, -0.25) is 4.90 Å². The molecular formula is C16H25BrN2O. The van der Waals surface area contributed by atoms with Crippen LogP contribution in [0.25, 0.3) is 0 Å². The van der Waals surface area contributed by atoms with E-state index in [-0.39, 0.29) is 0 Å². The zero-order chi connectivity index (χ0) is 14.2. The maximum atomic E-state index is 5.41. The molecule has 3 nitrogen and oxygen atoms in total. The molecule has 1 aromatic carbocycles. The number of ether oxygens (including phenoxy) is 1. The van der Waals surface area contributed by atoms with E-state index in [1.54, 1.807) is 0 Å². The van der Waals surface area contributed by atoms with Crippen LogP contribution in [0.15, 0.2) is 28.7 Å². The summed E-state index contributed by atoms with van der Waals surface area (Å²) in [6.45, 7) is 8.33. The quantitative estimate of drug-likeness (QED) is 0.824. The lowest BCUT2D eigenvalue weighted by atomic mass is 10.0. The Hall–Kier alpha value is -0.420. The zero-order valence-corrected chi connectivity index (χ0v) is 13.9. The number of benzene rings is 1. The molecule has 1 aromatic rings. The second kappa shape index (κ2) is 8.78. The van der Waals surface area contributed by atoms with Crippen molar-refractivity contribution in [1.82, 2.24) is 10.2 Å². The third-order valence-corrected chi connectivity index (χ3v) is 4.28. The van der Waals surface area contributed by atoms with Crippen molar-refractivity contribution in [2.75, 3.05) is 39.4 Å². The number of hydrogen-bond acceptors (Lipinski definition) is 3. The molecule has 1 unspecified atom stereocenters. The highest BCUT2D eigenvalue weighted by Crippen LogP contribution is 2.20. The Balaban J connectivity index is 1.90. The van der Waals surface area contributed by atoms with Gasteiger partial charge in [-0.25, -0.2) is 0 Å². The molecule has 1 saturated heterocycles. The third kappa shape index (κ3) is 5.17. The van der Waals surface area contributed by atoms with Crippen LogP contribution in [0, 0.1) is 0 Å². The molecule has 0 aromatic heterocycles. The Labute approximate surface area is 130 Å². The van der Waals surface area contributed by atoms with Crippen molar-refractivity contribution >= 4 is 15.9 Å². The van der Waals surface area contributed by atoms with Gasteiger partial charge in [-0.05, 0) is 37.1 Å². The van der Waals surface area contributed by atoms with E-state index in [4.69, 9.17) is 4.74 Å². The number of nitrogens with one attached hydrogen (secondary N) is 1. The van der Waals surface area contributed by atoms with E-state index in [0.717, 1.165) is 50.3 Å². The van der Waals surface area contributed by atoms with Gasteiger partial charge in [0, 0.05) is 30.1 Å². The first-order chi connectivity index (χ1) is 9.79. The highest BCUT2D eigenvalue weighted by molar-refractivity contribution is 9.10. The van der Waals surface area contributed by atoms with Gasteiger partial charge in [0.25, 0.3) is 0 Å². The summed E-state index contributed by atoms with van der Waals surface area (Å²) in [5, 5.41) is 3.67. The van der Waals surface area contributed by atoms with Gasteiger partial charge >= 0.3 is 0 Å². The minimum atomic E-state index is 0.450. The Kier molecular flexibility index (Phi) is 7.00. The van der Waals surface area contributed by atoms with Gasteiger partial charge in [-0.15, -0.1) is 0 Å². The summed E-state index contributed by atoms with van der Waals surface area (Å²) in [6, 6.07) is 9.15. The number of rotatable bonds is 7. The van der Waals surface area contributed by atoms with E-state index in [9.17, 15) is 0 Å². The molecule has 1 heterocycles. The number of nitrogens with zero attached hydrogens (tertiary/aromatic N) is 1. The van der Waals surface area contributed by atoms with Crippen molar-refractivity contribution in [3.63, 3.8) is 0 Å². The summed E-state index contributed by atoms with van der Waals surface area (Å²) in [7, 11) is 0. The molecule has 0 radical (unpaired) electrons. The average Bonchev–Trinajstić information content (AvgIpc) is 2.50. The van der Waals surface area contributed by atoms with E-state index in [1.165, 1.54) is 12.0 Å². The largest absolute Gasteiger partial charge is 0.379 e. The van der Waals surface area contributed by atoms with Gasteiger partial charge in [-0.2, -0.15) is 0 Å². The van der Waals surface area contributed by atoms with Crippen LogP contribution in [0.1, 0.15) is 31.4 Å². The summed E-state index contributed by atoms with van der Waals surface area (Å²) in [5.41, 5.74) is 1.38. The summed E-state index contributed by atoms with van der Waals surface area (Å²) < 4.78 is 6.55. The van der Waals surface area contributed by atoms with Gasteiger partial charge in [-0.1, -0.05) is 35.0 Å². The molecule has 0 aliphatic carbocycles. The molecule has 112 valence electrons. The lowest BCUT2D eigenvalue weighted by Crippen LogP contribution is -2.38. The molecule has 1 fully saturated rings. The first-order valence-corrected chi connectivity index (χ1v) is 8.38. The van der Waals surface area contributed by atoms with Crippen LogP contribution in [-0.4, -0.2) is 44.3 Å². The lowest BCUT2D eigenvalue weighted by molar-refractivity contribution is 0.0361. The van der Waals surface area contributed by atoms with Crippen molar-refractivity contribution in [3.05, 3.63) is 34.3 Å². The van der Waals surface area contributed by atoms with Crippen molar-refractivity contribution in [1.29, 1.82) is 0 Å². The molecule has 1 aliphatic rings. The van der Waals surface area contributed by atoms with Crippen LogP contribution in [0.3, 0.4) is 0 Å². The Morgan fingerprint density at radius 3 is 2.60 bits per heavy atom. The smallest absolute Gasteiger partial charge is 0.0594 e. The summed E-state index contributed by atoms with van der Waals surface area (Å²) in [6.07, 6.45) is 2.33. The van der Waals surface area contributed by atoms with E-state index < -0.39 is 0 Å². The number of halogens is 1. The summed E-state index contributed by atoms with van der Waals surface area (Å²) in [5.74, 6) is 0. The van der Waals surface area contributed by atoms with E-state index in [0.29, 0.717) is 6.04 Å². The fourth-order valence-corrected chi connectivity index (χ4v) is 2.80. The fourth-order valence-electron chi connectivity index (χ4n) is 2.54. The van der Waals surface area contributed by atoms with Crippen LogP contribution in [0.4, 0.5) is 0 Å². The predicted molar refractivity (Wildman–Crippen MR) is 87.1 cm³/mol. The molecule has 1 atom stereocenters. The molecule has 0 spiro atoms. The van der Waals surface area contributed by atoms with Crippen molar-refractivity contribution in [2.45, 2.75) is 25.8 Å². The minimum absolute atomic E-state index is 0.450. The van der Waals surface area contributed by atoms with Gasteiger partial charge in [0.15, 0.2) is 0 Å². The normalized spacial score (nSPS) is 18.1. The standard InChI is InChI=1S/C16H25BrN2O/c1-2-8-18-16(14-3-5-15(17)6-4-14)7-9-19-10-12-20-13-11-19/h3-6,16,18H,2,7-13H2,1H3. The molecule has 0 amide bonds.